The van der Waals surface area contributed by atoms with Crippen molar-refractivity contribution in [2.75, 3.05) is 5.73 Å². The Kier molecular flexibility index (Phi) is 3.88. The molecule has 0 spiro atoms. The Balaban J connectivity index is 1.90. The minimum Gasteiger partial charge on any atom is -0.481 e. The zero-order valence-electron chi connectivity index (χ0n) is 13.4. The number of nitrogens with two attached hydrogens (primary N) is 1. The van der Waals surface area contributed by atoms with Crippen LogP contribution < -0.4 is 5.73 Å². The quantitative estimate of drug-likeness (QED) is 0.508. The van der Waals surface area contributed by atoms with Crippen molar-refractivity contribution in [3.63, 3.8) is 0 Å². The molecule has 5 nitrogen and oxygen atoms in total. The van der Waals surface area contributed by atoms with E-state index >= 15 is 0 Å². The lowest BCUT2D eigenvalue weighted by atomic mass is 9.90. The fourth-order valence-corrected chi connectivity index (χ4v) is 3.56. The van der Waals surface area contributed by atoms with Crippen LogP contribution in [-0.4, -0.2) is 17.0 Å². The van der Waals surface area contributed by atoms with Gasteiger partial charge in [-0.2, -0.15) is 0 Å². The van der Waals surface area contributed by atoms with Crippen LogP contribution in [-0.2, 0) is 22.6 Å². The molecule has 0 amide bonds. The molecule has 23 heavy (non-hydrogen) atoms. The number of benzene rings is 1. The monoisotopic (exact) mass is 315 g/mol. The van der Waals surface area contributed by atoms with E-state index in [4.69, 9.17) is 15.6 Å². The molecule has 1 aromatic carbocycles. The second-order valence-electron chi connectivity index (χ2n) is 6.42. The minimum absolute atomic E-state index is 0.267. The molecule has 1 aromatic rings. The van der Waals surface area contributed by atoms with Gasteiger partial charge in [-0.05, 0) is 56.2 Å². The number of carboxylic acid groups (broad SMARTS) is 1. The predicted molar refractivity (Wildman–Crippen MR) is 86.2 cm³/mol. The average molecular weight is 315 g/mol. The van der Waals surface area contributed by atoms with E-state index in [2.05, 4.69) is 6.08 Å². The van der Waals surface area contributed by atoms with Gasteiger partial charge in [-0.1, -0.05) is 11.6 Å². The Bertz CT molecular complexity index is 733. The van der Waals surface area contributed by atoms with Crippen molar-refractivity contribution >= 4 is 17.6 Å². The number of hydrogen-bond acceptors (Lipinski definition) is 4. The molecule has 0 unspecified atom stereocenters. The summed E-state index contributed by atoms with van der Waals surface area (Å²) in [7, 11) is 0. The lowest BCUT2D eigenvalue weighted by Crippen LogP contribution is -2.09. The van der Waals surface area contributed by atoms with Crippen LogP contribution in [0, 0.1) is 19.8 Å². The summed E-state index contributed by atoms with van der Waals surface area (Å²) in [6.45, 7) is 4.30. The highest BCUT2D eigenvalue weighted by Gasteiger charge is 2.29. The summed E-state index contributed by atoms with van der Waals surface area (Å²) >= 11 is 0. The highest BCUT2D eigenvalue weighted by Crippen LogP contribution is 2.36. The molecule has 0 aromatic heterocycles. The van der Waals surface area contributed by atoms with E-state index < -0.39 is 5.97 Å². The zero-order chi connectivity index (χ0) is 16.7. The van der Waals surface area contributed by atoms with Crippen LogP contribution >= 0.6 is 0 Å². The molecular formula is C18H21NO4. The number of hydrogen-bond donors (Lipinski definition) is 2. The standard InChI is InChI=1S/C18H21NO4/c1-9-10(2)14-8-23-18(22)15(14)16(19)13(9)6-4-11-3-5-12(7-11)17(20)21/h4,12H,3,5-8,19H2,1-2H3,(H,20,21)/t12-/m1/s1. The number of fused-ring (bicyclic) bond motifs is 1. The van der Waals surface area contributed by atoms with Crippen LogP contribution in [0.5, 0.6) is 0 Å². The number of carbonyl (C=O) groups excluding carboxylic acids is 1. The molecule has 1 saturated carbocycles. The van der Waals surface area contributed by atoms with Gasteiger partial charge in [0, 0.05) is 5.56 Å². The van der Waals surface area contributed by atoms with Crippen molar-refractivity contribution in [1.29, 1.82) is 0 Å². The second kappa shape index (κ2) is 5.72. The van der Waals surface area contributed by atoms with Gasteiger partial charge in [0.15, 0.2) is 0 Å². The third-order valence-electron chi connectivity index (χ3n) is 5.18. The van der Waals surface area contributed by atoms with Crippen LogP contribution in [0.25, 0.3) is 0 Å². The third kappa shape index (κ3) is 2.60. The largest absolute Gasteiger partial charge is 0.481 e. The molecule has 5 heteroatoms. The van der Waals surface area contributed by atoms with Crippen LogP contribution in [0.3, 0.4) is 0 Å². The maximum Gasteiger partial charge on any atom is 0.341 e. The number of anilines is 1. The topological polar surface area (TPSA) is 89.6 Å². The molecule has 1 heterocycles. The smallest absolute Gasteiger partial charge is 0.341 e. The minimum atomic E-state index is -0.722. The van der Waals surface area contributed by atoms with Crippen molar-refractivity contribution in [2.24, 2.45) is 5.92 Å². The molecule has 1 aliphatic heterocycles. The van der Waals surface area contributed by atoms with E-state index in [1.54, 1.807) is 0 Å². The number of cyclic esters (lactones) is 1. The van der Waals surface area contributed by atoms with Gasteiger partial charge in [0.25, 0.3) is 0 Å². The maximum atomic E-state index is 11.9. The van der Waals surface area contributed by atoms with Crippen molar-refractivity contribution in [3.05, 3.63) is 39.5 Å². The van der Waals surface area contributed by atoms with Gasteiger partial charge in [-0.25, -0.2) is 4.79 Å². The van der Waals surface area contributed by atoms with E-state index in [1.807, 2.05) is 13.8 Å². The van der Waals surface area contributed by atoms with Crippen molar-refractivity contribution in [3.8, 4) is 0 Å². The summed E-state index contributed by atoms with van der Waals surface area (Å²) in [6.07, 6.45) is 4.84. The Morgan fingerprint density at radius 1 is 1.39 bits per heavy atom. The van der Waals surface area contributed by atoms with E-state index in [-0.39, 0.29) is 11.9 Å². The summed E-state index contributed by atoms with van der Waals surface area (Å²) in [4.78, 5) is 22.9. The summed E-state index contributed by atoms with van der Waals surface area (Å²) in [5, 5.41) is 9.08. The number of carbonyl (C=O) groups is 2. The maximum absolute atomic E-state index is 11.9. The fourth-order valence-electron chi connectivity index (χ4n) is 3.56. The van der Waals surface area contributed by atoms with Gasteiger partial charge in [-0.15, -0.1) is 0 Å². The molecule has 122 valence electrons. The van der Waals surface area contributed by atoms with Crippen molar-refractivity contribution in [1.82, 2.24) is 0 Å². The van der Waals surface area contributed by atoms with Gasteiger partial charge in [-0.3, -0.25) is 4.79 Å². The lowest BCUT2D eigenvalue weighted by molar-refractivity contribution is -0.141. The summed E-state index contributed by atoms with van der Waals surface area (Å²) in [6, 6.07) is 0. The van der Waals surface area contributed by atoms with E-state index in [0.717, 1.165) is 34.2 Å². The molecule has 3 N–H and O–H groups in total. The Hall–Kier alpha value is -2.30. The third-order valence-corrected chi connectivity index (χ3v) is 5.18. The van der Waals surface area contributed by atoms with Gasteiger partial charge < -0.3 is 15.6 Å². The molecule has 0 saturated heterocycles. The predicted octanol–water partition coefficient (Wildman–Crippen LogP) is 2.91. The summed E-state index contributed by atoms with van der Waals surface area (Å²) in [5.41, 5.74) is 12.4. The molecule has 0 radical (unpaired) electrons. The first-order valence-electron chi connectivity index (χ1n) is 7.88. The van der Waals surface area contributed by atoms with Gasteiger partial charge >= 0.3 is 11.9 Å². The fraction of sp³-hybridized carbons (Fsp3) is 0.444. The number of esters is 1. The normalized spacial score (nSPS) is 21.6. The molecular weight excluding hydrogens is 294 g/mol. The number of ether oxygens (including phenoxy) is 1. The second-order valence-corrected chi connectivity index (χ2v) is 6.42. The van der Waals surface area contributed by atoms with Crippen molar-refractivity contribution in [2.45, 2.75) is 46.1 Å². The van der Waals surface area contributed by atoms with E-state index in [9.17, 15) is 9.59 Å². The summed E-state index contributed by atoms with van der Waals surface area (Å²) < 4.78 is 5.11. The summed E-state index contributed by atoms with van der Waals surface area (Å²) in [5.74, 6) is -1.34. The van der Waals surface area contributed by atoms with E-state index in [0.29, 0.717) is 37.1 Å². The zero-order valence-corrected chi connectivity index (χ0v) is 13.4. The Labute approximate surface area is 135 Å². The van der Waals surface area contributed by atoms with Crippen LogP contribution in [0.2, 0.25) is 0 Å². The Morgan fingerprint density at radius 2 is 2.13 bits per heavy atom. The lowest BCUT2D eigenvalue weighted by Gasteiger charge is -2.15. The molecule has 3 rings (SSSR count). The highest BCUT2D eigenvalue weighted by molar-refractivity contribution is 6.00. The highest BCUT2D eigenvalue weighted by atomic mass is 16.5. The average Bonchev–Trinajstić information content (AvgIpc) is 3.12. The van der Waals surface area contributed by atoms with Crippen molar-refractivity contribution < 1.29 is 19.4 Å². The molecule has 0 bridgehead atoms. The first-order valence-corrected chi connectivity index (χ1v) is 7.88. The first-order chi connectivity index (χ1) is 10.9. The molecule has 1 fully saturated rings. The first kappa shape index (κ1) is 15.6. The molecule has 1 atom stereocenters. The van der Waals surface area contributed by atoms with Gasteiger partial charge in [0.1, 0.15) is 6.61 Å². The van der Waals surface area contributed by atoms with Crippen LogP contribution in [0.1, 0.15) is 51.9 Å². The van der Waals surface area contributed by atoms with E-state index in [1.165, 1.54) is 0 Å². The number of allylic oxidation sites excluding steroid dienone is 2. The molecule has 1 aliphatic carbocycles. The number of rotatable bonds is 3. The van der Waals surface area contributed by atoms with Crippen LogP contribution in [0.15, 0.2) is 11.6 Å². The number of nitrogen functional groups attached to an aromatic ring is 1. The van der Waals surface area contributed by atoms with Gasteiger partial charge in [0.2, 0.25) is 0 Å². The SMILES string of the molecule is Cc1c(C)c2c(c(N)c1CC=C1CC[C@@H](C(=O)O)C1)C(=O)OC2. The molecule has 2 aliphatic rings. The van der Waals surface area contributed by atoms with Gasteiger partial charge in [0.05, 0.1) is 17.2 Å². The van der Waals surface area contributed by atoms with Crippen LogP contribution in [0.4, 0.5) is 5.69 Å². The number of aliphatic carboxylic acids is 1. The number of carboxylic acids is 1. The Morgan fingerprint density at radius 3 is 2.78 bits per heavy atom.